The fourth-order valence-electron chi connectivity index (χ4n) is 4.44. The highest BCUT2D eigenvalue weighted by Gasteiger charge is 2.39. The first-order valence-electron chi connectivity index (χ1n) is 7.22. The lowest BCUT2D eigenvalue weighted by Crippen LogP contribution is -2.01. The van der Waals surface area contributed by atoms with Gasteiger partial charge in [-0.1, -0.05) is 30.3 Å². The van der Waals surface area contributed by atoms with Gasteiger partial charge in [-0.05, 0) is 53.7 Å². The number of nitrogens with zero attached hydrogens (tertiary/aromatic N) is 1. The van der Waals surface area contributed by atoms with Crippen LogP contribution < -0.4 is 0 Å². The molecule has 2 bridgehead atoms. The largest absolute Gasteiger partial charge is 0.256 e. The molecule has 1 fully saturated rings. The van der Waals surface area contributed by atoms with Gasteiger partial charge in [0.05, 0.1) is 5.52 Å². The molecule has 2 aromatic carbocycles. The summed E-state index contributed by atoms with van der Waals surface area (Å²) in [5.74, 6) is 1.59. The lowest BCUT2D eigenvalue weighted by atomic mass is 9.85. The number of fused-ring (bicyclic) bond motifs is 10. The maximum absolute atomic E-state index is 4.67. The minimum Gasteiger partial charge on any atom is -0.256 e. The number of rotatable bonds is 0. The number of hydrogen-bond donors (Lipinski definition) is 0. The van der Waals surface area contributed by atoms with Gasteiger partial charge in [-0.3, -0.25) is 4.98 Å². The monoisotopic (exact) mass is 245 g/mol. The van der Waals surface area contributed by atoms with Crippen LogP contribution in [0.25, 0.3) is 21.7 Å². The molecule has 1 saturated carbocycles. The van der Waals surface area contributed by atoms with Crippen LogP contribution in [0.1, 0.15) is 42.2 Å². The van der Waals surface area contributed by atoms with E-state index in [4.69, 9.17) is 0 Å². The van der Waals surface area contributed by atoms with Crippen LogP contribution in [0, 0.1) is 0 Å². The van der Waals surface area contributed by atoms with E-state index in [2.05, 4.69) is 41.4 Å². The average molecular weight is 245 g/mol. The fourth-order valence-corrected chi connectivity index (χ4v) is 4.44. The molecule has 92 valence electrons. The molecule has 2 aliphatic rings. The van der Waals surface area contributed by atoms with Crippen molar-refractivity contribution < 1.29 is 0 Å². The Balaban J connectivity index is 2.09. The molecule has 0 spiro atoms. The van der Waals surface area contributed by atoms with Crippen LogP contribution in [-0.4, -0.2) is 4.98 Å². The summed E-state index contributed by atoms with van der Waals surface area (Å²) in [7, 11) is 0. The van der Waals surface area contributed by atoms with Crippen LogP contribution in [0.2, 0.25) is 0 Å². The van der Waals surface area contributed by atoms with Gasteiger partial charge in [0.1, 0.15) is 0 Å². The molecule has 3 aromatic rings. The number of hydrogen-bond acceptors (Lipinski definition) is 1. The Kier molecular flexibility index (Phi) is 1.76. The lowest BCUT2D eigenvalue weighted by Gasteiger charge is -2.20. The van der Waals surface area contributed by atoms with Crippen LogP contribution in [0.3, 0.4) is 0 Å². The molecular formula is C18H15N. The van der Waals surface area contributed by atoms with Gasteiger partial charge in [-0.15, -0.1) is 0 Å². The third kappa shape index (κ3) is 1.14. The molecule has 19 heavy (non-hydrogen) atoms. The quantitative estimate of drug-likeness (QED) is 0.521. The van der Waals surface area contributed by atoms with Gasteiger partial charge in [0.2, 0.25) is 0 Å². The van der Waals surface area contributed by atoms with Crippen molar-refractivity contribution in [3.05, 3.63) is 53.7 Å². The second-order valence-electron chi connectivity index (χ2n) is 5.98. The molecule has 0 saturated heterocycles. The van der Waals surface area contributed by atoms with Crippen LogP contribution in [0.4, 0.5) is 0 Å². The van der Waals surface area contributed by atoms with Crippen molar-refractivity contribution in [1.29, 1.82) is 0 Å². The first-order valence-corrected chi connectivity index (χ1v) is 7.22. The van der Waals surface area contributed by atoms with E-state index in [0.717, 1.165) is 11.8 Å². The van der Waals surface area contributed by atoms with Crippen LogP contribution >= 0.6 is 0 Å². The topological polar surface area (TPSA) is 12.9 Å². The Bertz CT molecular complexity index is 750. The highest BCUT2D eigenvalue weighted by Crippen LogP contribution is 2.57. The third-order valence-corrected chi connectivity index (χ3v) is 5.11. The Hall–Kier alpha value is -1.89. The van der Waals surface area contributed by atoms with Crippen LogP contribution in [0.5, 0.6) is 0 Å². The molecule has 1 nitrogen and oxygen atoms in total. The second-order valence-corrected chi connectivity index (χ2v) is 5.98. The summed E-state index contributed by atoms with van der Waals surface area (Å²) in [6.45, 7) is 0. The number of pyridine rings is 1. The first kappa shape index (κ1) is 9.96. The minimum absolute atomic E-state index is 0.788. The Morgan fingerprint density at radius 2 is 1.47 bits per heavy atom. The summed E-state index contributed by atoms with van der Waals surface area (Å²) in [4.78, 5) is 4.67. The molecule has 1 heterocycles. The Morgan fingerprint density at radius 3 is 2.32 bits per heavy atom. The van der Waals surface area contributed by atoms with Crippen molar-refractivity contribution in [2.24, 2.45) is 0 Å². The zero-order valence-electron chi connectivity index (χ0n) is 10.8. The first-order chi connectivity index (χ1) is 9.43. The van der Waals surface area contributed by atoms with Gasteiger partial charge in [-0.25, -0.2) is 0 Å². The summed E-state index contributed by atoms with van der Waals surface area (Å²) < 4.78 is 0. The molecule has 0 aliphatic heterocycles. The molecule has 0 radical (unpaired) electrons. The third-order valence-electron chi connectivity index (χ3n) is 5.11. The van der Waals surface area contributed by atoms with Gasteiger partial charge in [-0.2, -0.15) is 0 Å². The Labute approximate surface area is 112 Å². The van der Waals surface area contributed by atoms with Crippen LogP contribution in [-0.2, 0) is 0 Å². The van der Waals surface area contributed by atoms with E-state index in [1.165, 1.54) is 40.9 Å². The van der Waals surface area contributed by atoms with Crippen molar-refractivity contribution in [2.45, 2.75) is 31.1 Å². The van der Waals surface area contributed by atoms with Crippen molar-refractivity contribution >= 4 is 21.7 Å². The normalized spacial score (nSPS) is 24.2. The average Bonchev–Trinajstić information content (AvgIpc) is 3.09. The second kappa shape index (κ2) is 3.36. The fraction of sp³-hybridized carbons (Fsp3) is 0.278. The molecule has 1 aromatic heterocycles. The van der Waals surface area contributed by atoms with E-state index in [0.29, 0.717) is 0 Å². The summed E-state index contributed by atoms with van der Waals surface area (Å²) in [6, 6.07) is 13.2. The molecular weight excluding hydrogens is 230 g/mol. The predicted octanol–water partition coefficient (Wildman–Crippen LogP) is 4.75. The zero-order valence-corrected chi connectivity index (χ0v) is 10.8. The van der Waals surface area contributed by atoms with E-state index in [-0.39, 0.29) is 0 Å². The molecule has 0 N–H and O–H groups in total. The highest BCUT2D eigenvalue weighted by atomic mass is 14.7. The van der Waals surface area contributed by atoms with Gasteiger partial charge in [0.15, 0.2) is 0 Å². The highest BCUT2D eigenvalue weighted by molar-refractivity contribution is 6.09. The van der Waals surface area contributed by atoms with Gasteiger partial charge in [0.25, 0.3) is 0 Å². The van der Waals surface area contributed by atoms with Crippen molar-refractivity contribution in [3.63, 3.8) is 0 Å². The standard InChI is InChI=1S/C18H15N/c1-2-5-14-13(4-1)16-11-7-8-12(10-11)17(16)15-6-3-9-19-18(14)15/h1-6,9,11-12H,7-8,10H2. The van der Waals surface area contributed by atoms with E-state index in [1.54, 1.807) is 11.1 Å². The smallest absolute Gasteiger partial charge is 0.0783 e. The number of benzene rings is 2. The molecule has 2 aliphatic carbocycles. The summed E-state index contributed by atoms with van der Waals surface area (Å²) in [6.07, 6.45) is 6.05. The van der Waals surface area contributed by atoms with E-state index in [1.807, 2.05) is 6.20 Å². The molecule has 0 amide bonds. The summed E-state index contributed by atoms with van der Waals surface area (Å²) in [5.41, 5.74) is 4.47. The predicted molar refractivity (Wildman–Crippen MR) is 78.6 cm³/mol. The SMILES string of the molecule is c1ccc2c(c1)c1c(c3cccnc32)C2CCC1C2. The van der Waals surface area contributed by atoms with Crippen molar-refractivity contribution in [3.8, 4) is 0 Å². The van der Waals surface area contributed by atoms with Gasteiger partial charge < -0.3 is 0 Å². The maximum atomic E-state index is 4.67. The van der Waals surface area contributed by atoms with Gasteiger partial charge in [0, 0.05) is 17.0 Å². The number of aromatic nitrogens is 1. The molecule has 2 unspecified atom stereocenters. The zero-order chi connectivity index (χ0) is 12.4. The van der Waals surface area contributed by atoms with E-state index < -0.39 is 0 Å². The maximum Gasteiger partial charge on any atom is 0.0783 e. The molecule has 5 rings (SSSR count). The minimum atomic E-state index is 0.788. The lowest BCUT2D eigenvalue weighted by molar-refractivity contribution is 0.726. The van der Waals surface area contributed by atoms with Crippen LogP contribution in [0.15, 0.2) is 42.6 Å². The molecule has 2 atom stereocenters. The van der Waals surface area contributed by atoms with E-state index >= 15 is 0 Å². The van der Waals surface area contributed by atoms with Crippen molar-refractivity contribution in [1.82, 2.24) is 4.98 Å². The Morgan fingerprint density at radius 1 is 0.789 bits per heavy atom. The molecule has 1 heteroatoms. The van der Waals surface area contributed by atoms with E-state index in [9.17, 15) is 0 Å². The summed E-state index contributed by atoms with van der Waals surface area (Å²) in [5, 5.41) is 4.20. The van der Waals surface area contributed by atoms with Gasteiger partial charge >= 0.3 is 0 Å². The summed E-state index contributed by atoms with van der Waals surface area (Å²) >= 11 is 0. The van der Waals surface area contributed by atoms with Crippen molar-refractivity contribution in [2.75, 3.05) is 0 Å².